The first-order valence-electron chi connectivity index (χ1n) is 8.62. The van der Waals surface area contributed by atoms with Gasteiger partial charge in [0.05, 0.1) is 6.20 Å². The highest BCUT2D eigenvalue weighted by molar-refractivity contribution is 6.30. The van der Waals surface area contributed by atoms with Gasteiger partial charge in [0, 0.05) is 56.7 Å². The summed E-state index contributed by atoms with van der Waals surface area (Å²) in [6.07, 6.45) is 5.73. The molecule has 0 aliphatic carbocycles. The molecule has 1 aromatic carbocycles. The minimum atomic E-state index is 0.0249. The van der Waals surface area contributed by atoms with E-state index < -0.39 is 0 Å². The molecule has 0 spiro atoms. The van der Waals surface area contributed by atoms with E-state index in [1.54, 1.807) is 4.68 Å². The van der Waals surface area contributed by atoms with Gasteiger partial charge in [-0.3, -0.25) is 4.68 Å². The Balaban J connectivity index is 1.38. The summed E-state index contributed by atoms with van der Waals surface area (Å²) in [5.74, 6) is 0. The minimum absolute atomic E-state index is 0.0249. The Morgan fingerprint density at radius 3 is 2.76 bits per heavy atom. The lowest BCUT2D eigenvalue weighted by Crippen LogP contribution is -2.52. The van der Waals surface area contributed by atoms with Crippen LogP contribution in [0.25, 0.3) is 0 Å². The van der Waals surface area contributed by atoms with Crippen LogP contribution in [0.15, 0.2) is 36.7 Å². The third-order valence-electron chi connectivity index (χ3n) is 4.42. The van der Waals surface area contributed by atoms with E-state index in [0.29, 0.717) is 6.54 Å². The molecule has 7 heteroatoms. The second-order valence-electron chi connectivity index (χ2n) is 6.31. The predicted octanol–water partition coefficient (Wildman–Crippen LogP) is 2.54. The Morgan fingerprint density at radius 2 is 2.08 bits per heavy atom. The number of amides is 2. The molecule has 1 saturated heterocycles. The van der Waals surface area contributed by atoms with Crippen molar-refractivity contribution in [3.63, 3.8) is 0 Å². The number of benzene rings is 1. The highest BCUT2D eigenvalue weighted by Gasteiger charge is 2.21. The van der Waals surface area contributed by atoms with Gasteiger partial charge in [-0.15, -0.1) is 0 Å². The topological polar surface area (TPSA) is 53.4 Å². The summed E-state index contributed by atoms with van der Waals surface area (Å²) >= 11 is 6.05. The van der Waals surface area contributed by atoms with Crippen molar-refractivity contribution >= 4 is 23.3 Å². The lowest BCUT2D eigenvalue weighted by atomic mass is 10.2. The molecule has 0 radical (unpaired) electrons. The van der Waals surface area contributed by atoms with E-state index >= 15 is 0 Å². The van der Waals surface area contributed by atoms with Crippen molar-refractivity contribution < 1.29 is 4.79 Å². The number of anilines is 1. The number of carbonyl (C=O) groups excluding carboxylic acids is 1. The van der Waals surface area contributed by atoms with Crippen LogP contribution >= 0.6 is 11.6 Å². The van der Waals surface area contributed by atoms with Crippen molar-refractivity contribution in [3.8, 4) is 0 Å². The Morgan fingerprint density at radius 1 is 1.28 bits per heavy atom. The van der Waals surface area contributed by atoms with E-state index in [-0.39, 0.29) is 6.03 Å². The summed E-state index contributed by atoms with van der Waals surface area (Å²) < 4.78 is 1.80. The van der Waals surface area contributed by atoms with Crippen molar-refractivity contribution in [1.82, 2.24) is 20.0 Å². The van der Waals surface area contributed by atoms with Crippen molar-refractivity contribution in [2.75, 3.05) is 37.6 Å². The lowest BCUT2D eigenvalue weighted by molar-refractivity contribution is 0.194. The molecular weight excluding hydrogens is 338 g/mol. The number of aromatic nitrogens is 2. The zero-order chi connectivity index (χ0) is 17.6. The maximum atomic E-state index is 12.3. The first-order valence-corrected chi connectivity index (χ1v) is 9.00. The molecule has 1 aliphatic rings. The molecule has 0 atom stereocenters. The summed E-state index contributed by atoms with van der Waals surface area (Å²) in [7, 11) is 1.91. The number of urea groups is 1. The normalized spacial score (nSPS) is 14.6. The second kappa shape index (κ2) is 8.25. The zero-order valence-electron chi connectivity index (χ0n) is 14.5. The molecule has 1 aliphatic heterocycles. The largest absolute Gasteiger partial charge is 0.368 e. The number of piperazine rings is 1. The second-order valence-corrected chi connectivity index (χ2v) is 6.75. The van der Waals surface area contributed by atoms with Crippen LogP contribution in [0.3, 0.4) is 0 Å². The summed E-state index contributed by atoms with van der Waals surface area (Å²) in [5.41, 5.74) is 2.32. The molecule has 2 amide bonds. The number of halogens is 1. The standard InChI is InChI=1S/C18H24ClN5O/c1-22-14-15(13-21-22)4-3-7-20-18(25)24-10-8-23(9-11-24)17-6-2-5-16(19)12-17/h2,5-6,12-14H,3-4,7-11H2,1H3,(H,20,25). The predicted molar refractivity (Wildman–Crippen MR) is 100 cm³/mol. The summed E-state index contributed by atoms with van der Waals surface area (Å²) in [6.45, 7) is 3.77. The fourth-order valence-corrected chi connectivity index (χ4v) is 3.23. The third-order valence-corrected chi connectivity index (χ3v) is 4.65. The molecule has 1 N–H and O–H groups in total. The van der Waals surface area contributed by atoms with Crippen LogP contribution < -0.4 is 10.2 Å². The first-order chi connectivity index (χ1) is 12.1. The Hall–Kier alpha value is -2.21. The number of rotatable bonds is 5. The molecule has 0 bridgehead atoms. The molecule has 25 heavy (non-hydrogen) atoms. The summed E-state index contributed by atoms with van der Waals surface area (Å²) in [6, 6.07) is 7.88. The average Bonchev–Trinajstić information content (AvgIpc) is 3.04. The smallest absolute Gasteiger partial charge is 0.317 e. The van der Waals surface area contributed by atoms with Gasteiger partial charge in [0.25, 0.3) is 0 Å². The van der Waals surface area contributed by atoms with E-state index in [0.717, 1.165) is 49.7 Å². The van der Waals surface area contributed by atoms with Crippen LogP contribution in [0, 0.1) is 0 Å². The van der Waals surface area contributed by atoms with Crippen molar-refractivity contribution in [3.05, 3.63) is 47.2 Å². The van der Waals surface area contributed by atoms with E-state index in [2.05, 4.69) is 21.4 Å². The maximum absolute atomic E-state index is 12.3. The van der Waals surface area contributed by atoms with Gasteiger partial charge in [0.2, 0.25) is 0 Å². The Kier molecular flexibility index (Phi) is 5.81. The van der Waals surface area contributed by atoms with Gasteiger partial charge in [-0.2, -0.15) is 5.10 Å². The zero-order valence-corrected chi connectivity index (χ0v) is 15.2. The van der Waals surface area contributed by atoms with Crippen LogP contribution in [0.2, 0.25) is 5.02 Å². The van der Waals surface area contributed by atoms with Crippen molar-refractivity contribution in [2.45, 2.75) is 12.8 Å². The first kappa shape index (κ1) is 17.6. The molecule has 1 aromatic heterocycles. The fraction of sp³-hybridized carbons (Fsp3) is 0.444. The fourth-order valence-electron chi connectivity index (χ4n) is 3.04. The van der Waals surface area contributed by atoms with Crippen molar-refractivity contribution in [1.29, 1.82) is 0 Å². The van der Waals surface area contributed by atoms with Crippen LogP contribution in [-0.4, -0.2) is 53.4 Å². The summed E-state index contributed by atoms with van der Waals surface area (Å²) in [4.78, 5) is 16.4. The summed E-state index contributed by atoms with van der Waals surface area (Å²) in [5, 5.41) is 7.90. The molecule has 0 unspecified atom stereocenters. The highest BCUT2D eigenvalue weighted by atomic mass is 35.5. The van der Waals surface area contributed by atoms with Gasteiger partial charge >= 0.3 is 6.03 Å². The van der Waals surface area contributed by atoms with Gasteiger partial charge < -0.3 is 15.1 Å². The number of carbonyl (C=O) groups is 1. The van der Waals surface area contributed by atoms with E-state index in [1.807, 2.05) is 42.5 Å². The molecule has 2 aromatic rings. The average molecular weight is 362 g/mol. The van der Waals surface area contributed by atoms with Crippen molar-refractivity contribution in [2.24, 2.45) is 7.05 Å². The lowest BCUT2D eigenvalue weighted by Gasteiger charge is -2.36. The maximum Gasteiger partial charge on any atom is 0.317 e. The number of aryl methyl sites for hydroxylation is 2. The third kappa shape index (κ3) is 4.89. The molecule has 3 rings (SSSR count). The molecule has 1 fully saturated rings. The van der Waals surface area contributed by atoms with Gasteiger partial charge in [-0.1, -0.05) is 17.7 Å². The van der Waals surface area contributed by atoms with E-state index in [1.165, 1.54) is 5.56 Å². The van der Waals surface area contributed by atoms with Crippen LogP contribution in [0.1, 0.15) is 12.0 Å². The molecular formula is C18H24ClN5O. The minimum Gasteiger partial charge on any atom is -0.368 e. The monoisotopic (exact) mass is 361 g/mol. The molecule has 0 saturated carbocycles. The van der Waals surface area contributed by atoms with Gasteiger partial charge in [-0.25, -0.2) is 4.79 Å². The van der Waals surface area contributed by atoms with E-state index in [4.69, 9.17) is 11.6 Å². The molecule has 6 nitrogen and oxygen atoms in total. The molecule has 134 valence electrons. The SMILES string of the molecule is Cn1cc(CCCNC(=O)N2CCN(c3cccc(Cl)c3)CC2)cn1. The number of nitrogens with one attached hydrogen (secondary N) is 1. The Bertz CT molecular complexity index is 709. The van der Waals surface area contributed by atoms with Gasteiger partial charge in [0.1, 0.15) is 0 Å². The number of hydrogen-bond donors (Lipinski definition) is 1. The number of hydrogen-bond acceptors (Lipinski definition) is 3. The molecule has 2 heterocycles. The van der Waals surface area contributed by atoms with Gasteiger partial charge in [-0.05, 0) is 36.6 Å². The van der Waals surface area contributed by atoms with Gasteiger partial charge in [0.15, 0.2) is 0 Å². The quantitative estimate of drug-likeness (QED) is 0.833. The van der Waals surface area contributed by atoms with Crippen LogP contribution in [-0.2, 0) is 13.5 Å². The highest BCUT2D eigenvalue weighted by Crippen LogP contribution is 2.20. The number of nitrogens with zero attached hydrogens (tertiary/aromatic N) is 4. The Labute approximate surface area is 153 Å². The van der Waals surface area contributed by atoms with E-state index in [9.17, 15) is 4.79 Å². The van der Waals surface area contributed by atoms with Crippen LogP contribution in [0.4, 0.5) is 10.5 Å². The van der Waals surface area contributed by atoms with Crippen LogP contribution in [0.5, 0.6) is 0 Å².